The van der Waals surface area contributed by atoms with Crippen molar-refractivity contribution in [3.63, 3.8) is 0 Å². The first-order valence-corrected chi connectivity index (χ1v) is 3.97. The number of carbonyl (C=O) groups is 1. The van der Waals surface area contributed by atoms with E-state index in [9.17, 15) is 4.79 Å². The Morgan fingerprint density at radius 2 is 1.91 bits per heavy atom. The molecule has 3 unspecified atom stereocenters. The van der Waals surface area contributed by atoms with Crippen LogP contribution in [0.25, 0.3) is 0 Å². The lowest BCUT2D eigenvalue weighted by Gasteiger charge is -2.38. The molecule has 1 fully saturated rings. The van der Waals surface area contributed by atoms with Crippen LogP contribution in [0.2, 0.25) is 0 Å². The largest absolute Gasteiger partial charge is 0.446 e. The smallest absolute Gasteiger partial charge is 0.410 e. The Morgan fingerprint density at radius 1 is 1.36 bits per heavy atom. The highest BCUT2D eigenvalue weighted by atomic mass is 16.6. The molecule has 3 nitrogen and oxygen atoms in total. The topological polar surface area (TPSA) is 29.5 Å². The van der Waals surface area contributed by atoms with Gasteiger partial charge < -0.3 is 9.64 Å². The van der Waals surface area contributed by atoms with Gasteiger partial charge in [-0.15, -0.1) is 0 Å². The van der Waals surface area contributed by atoms with Crippen LogP contribution in [0.5, 0.6) is 0 Å². The number of carbonyl (C=O) groups excluding carboxylic acids is 1. The van der Waals surface area contributed by atoms with Gasteiger partial charge in [-0.25, -0.2) is 4.79 Å². The lowest BCUT2D eigenvalue weighted by atomic mass is 9.96. The number of ether oxygens (including phenoxy) is 1. The molecule has 1 aliphatic heterocycles. The maximum atomic E-state index is 11.1. The van der Waals surface area contributed by atoms with Crippen molar-refractivity contribution in [2.45, 2.75) is 32.9 Å². The van der Waals surface area contributed by atoms with Gasteiger partial charge in [0.2, 0.25) is 0 Å². The summed E-state index contributed by atoms with van der Waals surface area (Å²) < 4.78 is 5.07. The number of nitrogens with zero attached hydrogens (tertiary/aromatic N) is 1. The van der Waals surface area contributed by atoms with Crippen LogP contribution in [-0.2, 0) is 4.74 Å². The molecule has 0 spiro atoms. The average Bonchev–Trinajstić information content (AvgIpc) is 1.97. The van der Waals surface area contributed by atoms with E-state index in [-0.39, 0.29) is 18.2 Å². The maximum absolute atomic E-state index is 11.1. The summed E-state index contributed by atoms with van der Waals surface area (Å²) >= 11 is 0. The molecule has 3 atom stereocenters. The molecular formula is C8H15NO2. The summed E-state index contributed by atoms with van der Waals surface area (Å²) in [5.41, 5.74) is 0. The van der Waals surface area contributed by atoms with Crippen LogP contribution < -0.4 is 0 Å². The number of hydrogen-bond donors (Lipinski definition) is 0. The van der Waals surface area contributed by atoms with Crippen molar-refractivity contribution >= 4 is 6.09 Å². The van der Waals surface area contributed by atoms with Gasteiger partial charge in [-0.2, -0.15) is 0 Å². The third kappa shape index (κ3) is 1.32. The molecule has 0 saturated carbocycles. The van der Waals surface area contributed by atoms with Crippen molar-refractivity contribution in [2.75, 3.05) is 7.05 Å². The Labute approximate surface area is 67.3 Å². The van der Waals surface area contributed by atoms with Crippen LogP contribution in [0.4, 0.5) is 4.79 Å². The molecule has 0 aromatic rings. The lowest BCUT2D eigenvalue weighted by Crippen LogP contribution is -2.49. The number of hydrogen-bond acceptors (Lipinski definition) is 2. The summed E-state index contributed by atoms with van der Waals surface area (Å²) in [6.45, 7) is 6.08. The molecule has 0 aromatic heterocycles. The Bertz CT molecular complexity index is 169. The zero-order valence-corrected chi connectivity index (χ0v) is 7.50. The first kappa shape index (κ1) is 8.37. The van der Waals surface area contributed by atoms with Crippen molar-refractivity contribution in [1.82, 2.24) is 4.90 Å². The van der Waals surface area contributed by atoms with E-state index in [2.05, 4.69) is 6.92 Å². The second-order valence-electron chi connectivity index (χ2n) is 3.30. The van der Waals surface area contributed by atoms with Gasteiger partial charge in [-0.3, -0.25) is 0 Å². The van der Waals surface area contributed by atoms with Gasteiger partial charge in [0.25, 0.3) is 0 Å². The van der Waals surface area contributed by atoms with Gasteiger partial charge in [0, 0.05) is 19.0 Å². The summed E-state index contributed by atoms with van der Waals surface area (Å²) in [5, 5.41) is 0. The summed E-state index contributed by atoms with van der Waals surface area (Å²) in [6, 6.07) is 0.284. The minimum Gasteiger partial charge on any atom is -0.446 e. The van der Waals surface area contributed by atoms with E-state index >= 15 is 0 Å². The second-order valence-corrected chi connectivity index (χ2v) is 3.30. The van der Waals surface area contributed by atoms with E-state index in [0.717, 1.165) is 0 Å². The van der Waals surface area contributed by atoms with Crippen molar-refractivity contribution < 1.29 is 9.53 Å². The van der Waals surface area contributed by atoms with Crippen molar-refractivity contribution in [2.24, 2.45) is 5.92 Å². The normalized spacial score (nSPS) is 38.7. The van der Waals surface area contributed by atoms with Crippen LogP contribution in [0, 0.1) is 5.92 Å². The molecule has 0 radical (unpaired) electrons. The van der Waals surface area contributed by atoms with E-state index in [1.165, 1.54) is 0 Å². The summed E-state index contributed by atoms with van der Waals surface area (Å²) in [6.07, 6.45) is -0.156. The fourth-order valence-corrected chi connectivity index (χ4v) is 1.26. The predicted molar refractivity (Wildman–Crippen MR) is 42.3 cm³/mol. The summed E-state index contributed by atoms with van der Waals surface area (Å²) in [5.74, 6) is 0.415. The van der Waals surface area contributed by atoms with Gasteiger partial charge in [-0.1, -0.05) is 6.92 Å². The van der Waals surface area contributed by atoms with Gasteiger partial charge in [0.05, 0.1) is 0 Å². The molecule has 0 bridgehead atoms. The minimum absolute atomic E-state index is 0.0497. The van der Waals surface area contributed by atoms with E-state index in [1.807, 2.05) is 13.8 Å². The molecule has 1 aliphatic rings. The lowest BCUT2D eigenvalue weighted by molar-refractivity contribution is -0.0153. The highest BCUT2D eigenvalue weighted by molar-refractivity contribution is 5.68. The highest BCUT2D eigenvalue weighted by Gasteiger charge is 2.33. The number of amides is 1. The van der Waals surface area contributed by atoms with Crippen molar-refractivity contribution in [3.8, 4) is 0 Å². The Balaban J connectivity index is 2.70. The maximum Gasteiger partial charge on any atom is 0.410 e. The zero-order chi connectivity index (χ0) is 8.59. The number of cyclic esters (lactones) is 1. The van der Waals surface area contributed by atoms with Gasteiger partial charge in [-0.05, 0) is 13.8 Å². The molecule has 0 N–H and O–H groups in total. The molecule has 1 heterocycles. The van der Waals surface area contributed by atoms with Crippen LogP contribution in [0.3, 0.4) is 0 Å². The molecule has 3 heteroatoms. The quantitative estimate of drug-likeness (QED) is 0.533. The van der Waals surface area contributed by atoms with Gasteiger partial charge in [0.1, 0.15) is 6.10 Å². The first-order valence-electron chi connectivity index (χ1n) is 3.97. The van der Waals surface area contributed by atoms with Gasteiger partial charge >= 0.3 is 6.09 Å². The molecule has 1 amide bonds. The van der Waals surface area contributed by atoms with Crippen LogP contribution >= 0.6 is 0 Å². The molecule has 0 aromatic carbocycles. The van der Waals surface area contributed by atoms with E-state index < -0.39 is 0 Å². The molecule has 0 aliphatic carbocycles. The van der Waals surface area contributed by atoms with E-state index in [1.54, 1.807) is 11.9 Å². The fraction of sp³-hybridized carbons (Fsp3) is 0.875. The van der Waals surface area contributed by atoms with Gasteiger partial charge in [0.15, 0.2) is 0 Å². The van der Waals surface area contributed by atoms with Crippen LogP contribution in [0.1, 0.15) is 20.8 Å². The monoisotopic (exact) mass is 157 g/mol. The number of rotatable bonds is 0. The molecule has 64 valence electrons. The molecule has 11 heavy (non-hydrogen) atoms. The summed E-state index contributed by atoms with van der Waals surface area (Å²) in [7, 11) is 1.77. The van der Waals surface area contributed by atoms with E-state index in [4.69, 9.17) is 4.74 Å². The minimum atomic E-state index is -0.205. The van der Waals surface area contributed by atoms with E-state index in [0.29, 0.717) is 5.92 Å². The van der Waals surface area contributed by atoms with Crippen LogP contribution in [0.15, 0.2) is 0 Å². The SMILES string of the molecule is CC1OC(=O)N(C)C(C)C1C. The average molecular weight is 157 g/mol. The molecule has 1 saturated heterocycles. The van der Waals surface area contributed by atoms with Crippen molar-refractivity contribution in [3.05, 3.63) is 0 Å². The Hall–Kier alpha value is -0.730. The summed E-state index contributed by atoms with van der Waals surface area (Å²) in [4.78, 5) is 12.7. The molecule has 1 rings (SSSR count). The van der Waals surface area contributed by atoms with Crippen molar-refractivity contribution in [1.29, 1.82) is 0 Å². The third-order valence-electron chi connectivity index (χ3n) is 2.69. The Kier molecular flexibility index (Phi) is 2.07. The predicted octanol–water partition coefficient (Wildman–Crippen LogP) is 1.48. The van der Waals surface area contributed by atoms with Crippen LogP contribution in [-0.4, -0.2) is 30.2 Å². The zero-order valence-electron chi connectivity index (χ0n) is 7.50. The third-order valence-corrected chi connectivity index (χ3v) is 2.69. The first-order chi connectivity index (χ1) is 5.04. The fourth-order valence-electron chi connectivity index (χ4n) is 1.26. The Morgan fingerprint density at radius 3 is 2.45 bits per heavy atom. The molecular weight excluding hydrogens is 142 g/mol. The standard InChI is InChI=1S/C8H15NO2/c1-5-6(2)9(4)8(10)11-7(5)3/h5-7H,1-4H3. The second kappa shape index (κ2) is 2.72. The highest BCUT2D eigenvalue weighted by Crippen LogP contribution is 2.22.